The fourth-order valence-corrected chi connectivity index (χ4v) is 3.32. The fourth-order valence-electron chi connectivity index (χ4n) is 3.32. The highest BCUT2D eigenvalue weighted by molar-refractivity contribution is 5.64. The number of aryl methyl sites for hydroxylation is 1. The Bertz CT molecular complexity index is 743. The SMILES string of the molecule is CCc1cc(N[C@@H]2CCCN(C)C2)nnc1-c1ccc(C(F)(F)F)cc1. The van der Waals surface area contributed by atoms with Crippen LogP contribution in [0.4, 0.5) is 19.0 Å². The molecule has 3 rings (SSSR count). The molecular formula is C19H23F3N4. The molecule has 4 nitrogen and oxygen atoms in total. The topological polar surface area (TPSA) is 41.0 Å². The van der Waals surface area contributed by atoms with Crippen molar-refractivity contribution in [2.24, 2.45) is 0 Å². The van der Waals surface area contributed by atoms with Gasteiger partial charge < -0.3 is 10.2 Å². The molecule has 0 radical (unpaired) electrons. The summed E-state index contributed by atoms with van der Waals surface area (Å²) in [6.07, 6.45) is -1.37. The summed E-state index contributed by atoms with van der Waals surface area (Å²) in [4.78, 5) is 2.28. The molecular weight excluding hydrogens is 341 g/mol. The average molecular weight is 364 g/mol. The van der Waals surface area contributed by atoms with Crippen LogP contribution in [0.1, 0.15) is 30.9 Å². The zero-order valence-electron chi connectivity index (χ0n) is 15.0. The molecule has 0 bridgehead atoms. The Morgan fingerprint density at radius 3 is 2.54 bits per heavy atom. The number of halogens is 3. The molecule has 1 N–H and O–H groups in total. The van der Waals surface area contributed by atoms with Crippen LogP contribution in [0.5, 0.6) is 0 Å². The van der Waals surface area contributed by atoms with Crippen LogP contribution in [0.25, 0.3) is 11.3 Å². The lowest BCUT2D eigenvalue weighted by atomic mass is 10.0. The van der Waals surface area contributed by atoms with Gasteiger partial charge in [-0.15, -0.1) is 10.2 Å². The van der Waals surface area contributed by atoms with Crippen molar-refractivity contribution in [2.45, 2.75) is 38.4 Å². The van der Waals surface area contributed by atoms with Crippen LogP contribution in [-0.4, -0.2) is 41.3 Å². The monoisotopic (exact) mass is 364 g/mol. The Balaban J connectivity index is 1.80. The summed E-state index contributed by atoms with van der Waals surface area (Å²) in [7, 11) is 2.10. The minimum atomic E-state index is -4.33. The molecule has 140 valence electrons. The Morgan fingerprint density at radius 2 is 1.92 bits per heavy atom. The molecule has 1 aliphatic heterocycles. The molecule has 0 saturated carbocycles. The smallest absolute Gasteiger partial charge is 0.365 e. The largest absolute Gasteiger partial charge is 0.416 e. The normalized spacial score (nSPS) is 18.7. The fraction of sp³-hybridized carbons (Fsp3) is 0.474. The molecule has 1 saturated heterocycles. The number of nitrogens with zero attached hydrogens (tertiary/aromatic N) is 3. The van der Waals surface area contributed by atoms with Gasteiger partial charge in [0, 0.05) is 18.2 Å². The third-order valence-electron chi connectivity index (χ3n) is 4.72. The second-order valence-electron chi connectivity index (χ2n) is 6.78. The van der Waals surface area contributed by atoms with E-state index in [0.717, 1.165) is 55.9 Å². The lowest BCUT2D eigenvalue weighted by Crippen LogP contribution is -2.39. The molecule has 0 spiro atoms. The number of aromatic nitrogens is 2. The van der Waals surface area contributed by atoms with Gasteiger partial charge in [-0.3, -0.25) is 0 Å². The van der Waals surface area contributed by atoms with Gasteiger partial charge in [-0.1, -0.05) is 19.1 Å². The minimum Gasteiger partial charge on any atom is -0.365 e. The molecule has 7 heteroatoms. The Hall–Kier alpha value is -2.15. The van der Waals surface area contributed by atoms with Gasteiger partial charge in [-0.25, -0.2) is 0 Å². The maximum Gasteiger partial charge on any atom is 0.416 e. The lowest BCUT2D eigenvalue weighted by Gasteiger charge is -2.30. The third kappa shape index (κ3) is 4.33. The summed E-state index contributed by atoms with van der Waals surface area (Å²) < 4.78 is 38.2. The van der Waals surface area contributed by atoms with Crippen LogP contribution in [0.15, 0.2) is 30.3 Å². The van der Waals surface area contributed by atoms with Gasteiger partial charge in [0.2, 0.25) is 0 Å². The Labute approximate surface area is 151 Å². The van der Waals surface area contributed by atoms with E-state index in [-0.39, 0.29) is 0 Å². The standard InChI is InChI=1S/C19H23F3N4/c1-3-13-11-17(23-16-5-4-10-26(2)12-16)24-25-18(13)14-6-8-15(9-7-14)19(20,21)22/h6-9,11,16H,3-5,10,12H2,1-2H3,(H,23,24)/t16-/m1/s1. The average Bonchev–Trinajstić information content (AvgIpc) is 2.61. The summed E-state index contributed by atoms with van der Waals surface area (Å²) in [6.45, 7) is 4.07. The van der Waals surface area contributed by atoms with Crippen LogP contribution in [0, 0.1) is 0 Å². The van der Waals surface area contributed by atoms with Gasteiger partial charge in [-0.05, 0) is 56.6 Å². The van der Waals surface area contributed by atoms with Crippen molar-refractivity contribution in [1.29, 1.82) is 0 Å². The Morgan fingerprint density at radius 1 is 1.19 bits per heavy atom. The zero-order chi connectivity index (χ0) is 18.7. The quantitative estimate of drug-likeness (QED) is 0.881. The van der Waals surface area contributed by atoms with Crippen molar-refractivity contribution >= 4 is 5.82 Å². The third-order valence-corrected chi connectivity index (χ3v) is 4.72. The van der Waals surface area contributed by atoms with Gasteiger partial charge in [-0.2, -0.15) is 13.2 Å². The molecule has 0 amide bonds. The van der Waals surface area contributed by atoms with Crippen LogP contribution in [-0.2, 0) is 12.6 Å². The second kappa shape index (κ2) is 7.61. The van der Waals surface area contributed by atoms with E-state index in [1.165, 1.54) is 12.1 Å². The number of alkyl halides is 3. The molecule has 1 aromatic carbocycles. The van der Waals surface area contributed by atoms with E-state index in [1.54, 1.807) is 0 Å². The molecule has 26 heavy (non-hydrogen) atoms. The van der Waals surface area contributed by atoms with Gasteiger partial charge >= 0.3 is 6.18 Å². The van der Waals surface area contributed by atoms with Crippen molar-refractivity contribution in [3.05, 3.63) is 41.5 Å². The number of hydrogen-bond acceptors (Lipinski definition) is 4. The molecule has 2 aromatic rings. The number of hydrogen-bond donors (Lipinski definition) is 1. The van der Waals surface area contributed by atoms with Crippen molar-refractivity contribution in [3.8, 4) is 11.3 Å². The molecule has 1 atom stereocenters. The van der Waals surface area contributed by atoms with Crippen molar-refractivity contribution < 1.29 is 13.2 Å². The minimum absolute atomic E-state index is 0.338. The van der Waals surface area contributed by atoms with Gasteiger partial charge in [0.15, 0.2) is 0 Å². The molecule has 1 aliphatic rings. The van der Waals surface area contributed by atoms with E-state index < -0.39 is 11.7 Å². The summed E-state index contributed by atoms with van der Waals surface area (Å²) in [5.74, 6) is 0.720. The first-order chi connectivity index (χ1) is 12.4. The Kier molecular flexibility index (Phi) is 5.46. The number of nitrogens with one attached hydrogen (secondary N) is 1. The first kappa shape index (κ1) is 18.6. The maximum atomic E-state index is 12.7. The highest BCUT2D eigenvalue weighted by Gasteiger charge is 2.30. The van der Waals surface area contributed by atoms with Crippen LogP contribution < -0.4 is 5.32 Å². The van der Waals surface area contributed by atoms with Gasteiger partial charge in [0.1, 0.15) is 5.82 Å². The first-order valence-electron chi connectivity index (χ1n) is 8.86. The number of piperidine rings is 1. The van der Waals surface area contributed by atoms with Gasteiger partial charge in [0.05, 0.1) is 11.3 Å². The van der Waals surface area contributed by atoms with E-state index in [4.69, 9.17) is 0 Å². The first-order valence-corrected chi connectivity index (χ1v) is 8.86. The second-order valence-corrected chi connectivity index (χ2v) is 6.78. The van der Waals surface area contributed by atoms with E-state index in [2.05, 4.69) is 27.5 Å². The lowest BCUT2D eigenvalue weighted by molar-refractivity contribution is -0.137. The zero-order valence-corrected chi connectivity index (χ0v) is 15.0. The summed E-state index contributed by atoms with van der Waals surface area (Å²) >= 11 is 0. The number of benzene rings is 1. The molecule has 1 fully saturated rings. The van der Waals surface area contributed by atoms with E-state index >= 15 is 0 Å². The predicted octanol–water partition coefficient (Wildman–Crippen LogP) is 4.23. The molecule has 2 heterocycles. The van der Waals surface area contributed by atoms with Gasteiger partial charge in [0.25, 0.3) is 0 Å². The van der Waals surface area contributed by atoms with Crippen LogP contribution in [0.2, 0.25) is 0 Å². The maximum absolute atomic E-state index is 12.7. The van der Waals surface area contributed by atoms with E-state index in [9.17, 15) is 13.2 Å². The molecule has 0 aliphatic carbocycles. The summed E-state index contributed by atoms with van der Waals surface area (Å²) in [6, 6.07) is 7.37. The molecule has 1 aromatic heterocycles. The number of likely N-dealkylation sites (tertiary alicyclic amines) is 1. The number of rotatable bonds is 4. The van der Waals surface area contributed by atoms with Crippen molar-refractivity contribution in [2.75, 3.05) is 25.5 Å². The van der Waals surface area contributed by atoms with Crippen LogP contribution >= 0.6 is 0 Å². The predicted molar refractivity (Wildman–Crippen MR) is 96.0 cm³/mol. The summed E-state index contributed by atoms with van der Waals surface area (Å²) in [5.41, 5.74) is 1.58. The van der Waals surface area contributed by atoms with Crippen LogP contribution in [0.3, 0.4) is 0 Å². The van der Waals surface area contributed by atoms with Crippen molar-refractivity contribution in [3.63, 3.8) is 0 Å². The highest BCUT2D eigenvalue weighted by atomic mass is 19.4. The molecule has 0 unspecified atom stereocenters. The highest BCUT2D eigenvalue weighted by Crippen LogP contribution is 2.31. The van der Waals surface area contributed by atoms with Crippen molar-refractivity contribution in [1.82, 2.24) is 15.1 Å². The number of likely N-dealkylation sites (N-methyl/N-ethyl adjacent to an activating group) is 1. The number of anilines is 1. The summed E-state index contributed by atoms with van der Waals surface area (Å²) in [5, 5.41) is 12.0. The van der Waals surface area contributed by atoms with E-state index in [1.807, 2.05) is 13.0 Å². The van der Waals surface area contributed by atoms with E-state index in [0.29, 0.717) is 17.3 Å².